The van der Waals surface area contributed by atoms with E-state index in [0.29, 0.717) is 13.1 Å². The van der Waals surface area contributed by atoms with Gasteiger partial charge in [-0.3, -0.25) is 14.5 Å². The largest absolute Gasteiger partial charge is 0.392 e. The van der Waals surface area contributed by atoms with E-state index < -0.39 is 5.41 Å². The van der Waals surface area contributed by atoms with E-state index in [1.54, 1.807) is 0 Å². The van der Waals surface area contributed by atoms with Crippen LogP contribution in [-0.4, -0.2) is 29.9 Å². The number of cyclic esters (lactones) is 2. The molecule has 0 radical (unpaired) electrons. The fourth-order valence-corrected chi connectivity index (χ4v) is 2.88. The van der Waals surface area contributed by atoms with Crippen LogP contribution in [0.1, 0.15) is 12.5 Å². The van der Waals surface area contributed by atoms with Crippen LogP contribution in [0.2, 0.25) is 0 Å². The molecule has 2 aliphatic rings. The fraction of sp³-hybridized carbons (Fsp3) is 0.429. The van der Waals surface area contributed by atoms with Gasteiger partial charge in [0.2, 0.25) is 0 Å². The molecule has 0 aliphatic carbocycles. The second-order valence-corrected chi connectivity index (χ2v) is 5.33. The number of carbonyl (C=O) groups excluding carboxylic acids is 2. The maximum Gasteiger partial charge on any atom is 0.321 e. The van der Waals surface area contributed by atoms with E-state index in [0.717, 1.165) is 6.54 Å². The molecule has 4 heteroatoms. The van der Waals surface area contributed by atoms with Crippen molar-refractivity contribution in [2.45, 2.75) is 13.5 Å². The first-order chi connectivity index (χ1) is 8.59. The van der Waals surface area contributed by atoms with Crippen LogP contribution in [0.4, 0.5) is 0 Å². The smallest absolute Gasteiger partial charge is 0.321 e. The summed E-state index contributed by atoms with van der Waals surface area (Å²) in [6, 6.07) is 10.1. The molecule has 18 heavy (non-hydrogen) atoms. The summed E-state index contributed by atoms with van der Waals surface area (Å²) in [4.78, 5) is 25.5. The van der Waals surface area contributed by atoms with E-state index in [2.05, 4.69) is 17.0 Å². The Balaban J connectivity index is 1.76. The van der Waals surface area contributed by atoms with Crippen molar-refractivity contribution in [3.63, 3.8) is 0 Å². The van der Waals surface area contributed by atoms with Gasteiger partial charge in [0.1, 0.15) is 0 Å². The molecule has 94 valence electrons. The molecule has 2 aliphatic heterocycles. The van der Waals surface area contributed by atoms with Crippen LogP contribution in [0.25, 0.3) is 0 Å². The zero-order valence-electron chi connectivity index (χ0n) is 10.3. The average molecular weight is 245 g/mol. The van der Waals surface area contributed by atoms with E-state index in [-0.39, 0.29) is 17.9 Å². The standard InChI is InChI=1S/C14H15NO3/c1-14-9-15(7-10-5-3-2-4-6-10)8-11(14)12(16)18-13(14)17/h2-6,11H,7-9H2,1H3/t11-,14-/m0/s1. The van der Waals surface area contributed by atoms with Gasteiger partial charge < -0.3 is 4.74 Å². The SMILES string of the molecule is C[C@]12CN(Cc3ccccc3)C[C@H]1C(=O)OC2=O. The van der Waals surface area contributed by atoms with Gasteiger partial charge in [-0.2, -0.15) is 0 Å². The lowest BCUT2D eigenvalue weighted by Crippen LogP contribution is -2.31. The summed E-state index contributed by atoms with van der Waals surface area (Å²) >= 11 is 0. The molecule has 1 aromatic rings. The van der Waals surface area contributed by atoms with Crippen molar-refractivity contribution < 1.29 is 14.3 Å². The van der Waals surface area contributed by atoms with Gasteiger partial charge in [0.15, 0.2) is 0 Å². The Labute approximate surface area is 106 Å². The molecule has 2 fully saturated rings. The minimum absolute atomic E-state index is 0.297. The van der Waals surface area contributed by atoms with Crippen LogP contribution >= 0.6 is 0 Å². The quantitative estimate of drug-likeness (QED) is 0.580. The van der Waals surface area contributed by atoms with Crippen LogP contribution in [0.3, 0.4) is 0 Å². The molecular formula is C14H15NO3. The maximum absolute atomic E-state index is 11.7. The molecule has 0 unspecified atom stereocenters. The van der Waals surface area contributed by atoms with Crippen molar-refractivity contribution in [3.8, 4) is 0 Å². The maximum atomic E-state index is 11.7. The van der Waals surface area contributed by atoms with Crippen molar-refractivity contribution in [1.29, 1.82) is 0 Å². The average Bonchev–Trinajstić information content (AvgIpc) is 2.77. The van der Waals surface area contributed by atoms with Crippen LogP contribution in [0.5, 0.6) is 0 Å². The number of carbonyl (C=O) groups is 2. The zero-order chi connectivity index (χ0) is 12.8. The lowest BCUT2D eigenvalue weighted by molar-refractivity contribution is -0.156. The topological polar surface area (TPSA) is 46.6 Å². The first-order valence-electron chi connectivity index (χ1n) is 6.12. The molecule has 2 atom stereocenters. The second kappa shape index (κ2) is 3.92. The van der Waals surface area contributed by atoms with Crippen molar-refractivity contribution in [3.05, 3.63) is 35.9 Å². The normalized spacial score (nSPS) is 31.5. The van der Waals surface area contributed by atoms with Gasteiger partial charge in [0.25, 0.3) is 0 Å². The Morgan fingerprint density at radius 2 is 2.06 bits per heavy atom. The molecule has 0 aromatic heterocycles. The number of nitrogens with zero attached hydrogens (tertiary/aromatic N) is 1. The van der Waals surface area contributed by atoms with E-state index in [1.807, 2.05) is 25.1 Å². The second-order valence-electron chi connectivity index (χ2n) is 5.33. The highest BCUT2D eigenvalue weighted by atomic mass is 16.6. The molecule has 4 nitrogen and oxygen atoms in total. The Kier molecular flexibility index (Phi) is 2.48. The van der Waals surface area contributed by atoms with Gasteiger partial charge in [-0.1, -0.05) is 30.3 Å². The van der Waals surface area contributed by atoms with Crippen LogP contribution < -0.4 is 0 Å². The van der Waals surface area contributed by atoms with Gasteiger partial charge >= 0.3 is 11.9 Å². The number of hydrogen-bond acceptors (Lipinski definition) is 4. The molecular weight excluding hydrogens is 230 g/mol. The monoisotopic (exact) mass is 245 g/mol. The van der Waals surface area contributed by atoms with E-state index >= 15 is 0 Å². The number of benzene rings is 1. The Morgan fingerprint density at radius 1 is 1.33 bits per heavy atom. The number of rotatable bonds is 2. The summed E-state index contributed by atoms with van der Waals surface area (Å²) in [7, 11) is 0. The molecule has 2 saturated heterocycles. The third-order valence-electron chi connectivity index (χ3n) is 3.96. The zero-order valence-corrected chi connectivity index (χ0v) is 10.3. The summed E-state index contributed by atoms with van der Waals surface area (Å²) in [6.45, 7) is 3.80. The Hall–Kier alpha value is -1.68. The third-order valence-corrected chi connectivity index (χ3v) is 3.96. The third kappa shape index (κ3) is 1.64. The van der Waals surface area contributed by atoms with Crippen LogP contribution in [-0.2, 0) is 20.9 Å². The molecule has 3 rings (SSSR count). The highest BCUT2D eigenvalue weighted by Crippen LogP contribution is 2.42. The molecule has 0 bridgehead atoms. The summed E-state index contributed by atoms with van der Waals surface area (Å²) in [5, 5.41) is 0. The molecule has 1 aromatic carbocycles. The first-order valence-corrected chi connectivity index (χ1v) is 6.12. The van der Waals surface area contributed by atoms with E-state index in [4.69, 9.17) is 4.74 Å². The highest BCUT2D eigenvalue weighted by molar-refractivity contribution is 5.99. The first kappa shape index (κ1) is 11.4. The predicted molar refractivity (Wildman–Crippen MR) is 64.4 cm³/mol. The number of likely N-dealkylation sites (tertiary alicyclic amines) is 1. The molecule has 2 heterocycles. The lowest BCUT2D eigenvalue weighted by Gasteiger charge is -2.19. The summed E-state index contributed by atoms with van der Waals surface area (Å²) in [6.07, 6.45) is 0. The van der Waals surface area contributed by atoms with Gasteiger partial charge in [0.05, 0.1) is 11.3 Å². The van der Waals surface area contributed by atoms with Crippen LogP contribution in [0.15, 0.2) is 30.3 Å². The van der Waals surface area contributed by atoms with Crippen molar-refractivity contribution >= 4 is 11.9 Å². The minimum atomic E-state index is -0.647. The number of fused-ring (bicyclic) bond motifs is 1. The molecule has 0 amide bonds. The summed E-state index contributed by atoms with van der Waals surface area (Å²) < 4.78 is 4.73. The lowest BCUT2D eigenvalue weighted by atomic mass is 9.82. The van der Waals surface area contributed by atoms with Gasteiger partial charge in [-0.05, 0) is 12.5 Å². The molecule has 0 spiro atoms. The van der Waals surface area contributed by atoms with Gasteiger partial charge in [-0.25, -0.2) is 0 Å². The Morgan fingerprint density at radius 3 is 2.72 bits per heavy atom. The number of esters is 2. The van der Waals surface area contributed by atoms with E-state index in [1.165, 1.54) is 5.56 Å². The van der Waals surface area contributed by atoms with Crippen molar-refractivity contribution in [1.82, 2.24) is 4.90 Å². The molecule has 0 saturated carbocycles. The fourth-order valence-electron chi connectivity index (χ4n) is 2.88. The minimum Gasteiger partial charge on any atom is -0.392 e. The van der Waals surface area contributed by atoms with Crippen molar-refractivity contribution in [2.24, 2.45) is 11.3 Å². The van der Waals surface area contributed by atoms with Crippen molar-refractivity contribution in [2.75, 3.05) is 13.1 Å². The molecule has 0 N–H and O–H groups in total. The Bertz CT molecular complexity index is 499. The van der Waals surface area contributed by atoms with Gasteiger partial charge in [-0.15, -0.1) is 0 Å². The number of ether oxygens (including phenoxy) is 1. The highest BCUT2D eigenvalue weighted by Gasteiger charge is 2.59. The van der Waals surface area contributed by atoms with E-state index in [9.17, 15) is 9.59 Å². The number of hydrogen-bond donors (Lipinski definition) is 0. The van der Waals surface area contributed by atoms with Crippen LogP contribution in [0, 0.1) is 11.3 Å². The van der Waals surface area contributed by atoms with Gasteiger partial charge in [0, 0.05) is 19.6 Å². The summed E-state index contributed by atoms with van der Waals surface area (Å²) in [5.74, 6) is -1.03. The predicted octanol–water partition coefficient (Wildman–Crippen LogP) is 1.21. The summed E-state index contributed by atoms with van der Waals surface area (Å²) in [5.41, 5.74) is 0.549.